The van der Waals surface area contributed by atoms with Gasteiger partial charge in [-0.15, -0.1) is 0 Å². The number of unbranched alkanes of at least 4 members (excludes halogenated alkanes) is 3. The summed E-state index contributed by atoms with van der Waals surface area (Å²) < 4.78 is 1.74. The number of hydrogen-bond donors (Lipinski definition) is 0. The maximum atomic E-state index is 12.3. The molecule has 0 spiro atoms. The summed E-state index contributed by atoms with van der Waals surface area (Å²) in [6.07, 6.45) is 7.04. The van der Waals surface area contributed by atoms with E-state index in [9.17, 15) is 4.79 Å². The Hall–Kier alpha value is -1.32. The normalized spacial score (nSPS) is 11.0. The standard InChI is InChI=1S/C15H27N3O/c1-5-6-7-8-9-15(19)18(12-13(2)3)14-10-11-17(4)16-14/h10-11,13H,5-9,12H2,1-4H3. The molecular formula is C15H27N3O. The van der Waals surface area contributed by atoms with E-state index in [0.717, 1.165) is 25.2 Å². The first-order valence-corrected chi connectivity index (χ1v) is 7.34. The summed E-state index contributed by atoms with van der Waals surface area (Å²) in [5.41, 5.74) is 0. The van der Waals surface area contributed by atoms with E-state index in [4.69, 9.17) is 0 Å². The zero-order valence-electron chi connectivity index (χ0n) is 12.7. The Morgan fingerprint density at radius 2 is 2.11 bits per heavy atom. The molecule has 1 heterocycles. The van der Waals surface area contributed by atoms with Gasteiger partial charge in [-0.25, -0.2) is 0 Å². The van der Waals surface area contributed by atoms with Crippen molar-refractivity contribution in [3.8, 4) is 0 Å². The number of carbonyl (C=O) groups excluding carboxylic acids is 1. The van der Waals surface area contributed by atoms with Crippen LogP contribution < -0.4 is 4.90 Å². The second-order valence-corrected chi connectivity index (χ2v) is 5.56. The number of carbonyl (C=O) groups is 1. The van der Waals surface area contributed by atoms with Crippen LogP contribution in [0.3, 0.4) is 0 Å². The predicted molar refractivity (Wildman–Crippen MR) is 79.2 cm³/mol. The molecule has 0 unspecified atom stereocenters. The van der Waals surface area contributed by atoms with E-state index < -0.39 is 0 Å². The lowest BCUT2D eigenvalue weighted by Gasteiger charge is -2.22. The first-order valence-electron chi connectivity index (χ1n) is 7.34. The van der Waals surface area contributed by atoms with Gasteiger partial charge in [-0.05, 0) is 12.3 Å². The van der Waals surface area contributed by atoms with Crippen LogP contribution in [0.4, 0.5) is 5.82 Å². The highest BCUT2D eigenvalue weighted by Gasteiger charge is 2.18. The highest BCUT2D eigenvalue weighted by molar-refractivity contribution is 5.92. The SMILES string of the molecule is CCCCCCC(=O)N(CC(C)C)c1ccn(C)n1. The molecule has 0 bridgehead atoms. The Balaban J connectivity index is 2.60. The van der Waals surface area contributed by atoms with E-state index >= 15 is 0 Å². The Morgan fingerprint density at radius 1 is 1.37 bits per heavy atom. The lowest BCUT2D eigenvalue weighted by molar-refractivity contribution is -0.118. The molecule has 0 radical (unpaired) electrons. The summed E-state index contributed by atoms with van der Waals surface area (Å²) in [7, 11) is 1.88. The Bertz CT molecular complexity index is 384. The second kappa shape index (κ2) is 7.97. The average Bonchev–Trinajstić information content (AvgIpc) is 2.77. The first-order chi connectivity index (χ1) is 9.04. The molecule has 4 heteroatoms. The number of amides is 1. The topological polar surface area (TPSA) is 38.1 Å². The smallest absolute Gasteiger partial charge is 0.228 e. The van der Waals surface area contributed by atoms with Crippen LogP contribution in [-0.4, -0.2) is 22.2 Å². The predicted octanol–water partition coefficient (Wildman–Crippen LogP) is 3.38. The van der Waals surface area contributed by atoms with E-state index in [1.54, 1.807) is 4.68 Å². The van der Waals surface area contributed by atoms with Crippen molar-refractivity contribution in [3.05, 3.63) is 12.3 Å². The molecule has 1 aromatic heterocycles. The van der Waals surface area contributed by atoms with Crippen LogP contribution in [0.5, 0.6) is 0 Å². The summed E-state index contributed by atoms with van der Waals surface area (Å²) in [6.45, 7) is 7.17. The number of aryl methyl sites for hydroxylation is 1. The Morgan fingerprint density at radius 3 is 2.63 bits per heavy atom. The lowest BCUT2D eigenvalue weighted by atomic mass is 10.1. The molecule has 0 N–H and O–H groups in total. The largest absolute Gasteiger partial charge is 0.295 e. The number of rotatable bonds is 8. The third kappa shape index (κ3) is 5.45. The fourth-order valence-corrected chi connectivity index (χ4v) is 2.07. The van der Waals surface area contributed by atoms with Gasteiger partial charge < -0.3 is 0 Å². The van der Waals surface area contributed by atoms with Crippen LogP contribution in [-0.2, 0) is 11.8 Å². The van der Waals surface area contributed by atoms with Crippen LogP contribution in [0.15, 0.2) is 12.3 Å². The van der Waals surface area contributed by atoms with Crippen LogP contribution in [0, 0.1) is 5.92 Å². The van der Waals surface area contributed by atoms with Gasteiger partial charge in [-0.1, -0.05) is 40.0 Å². The average molecular weight is 265 g/mol. The zero-order valence-corrected chi connectivity index (χ0v) is 12.7. The second-order valence-electron chi connectivity index (χ2n) is 5.56. The van der Waals surface area contributed by atoms with Gasteiger partial charge in [0.2, 0.25) is 5.91 Å². The van der Waals surface area contributed by atoms with E-state index in [1.165, 1.54) is 12.8 Å². The number of anilines is 1. The van der Waals surface area contributed by atoms with Gasteiger partial charge in [0.15, 0.2) is 5.82 Å². The van der Waals surface area contributed by atoms with Gasteiger partial charge in [0.25, 0.3) is 0 Å². The van der Waals surface area contributed by atoms with E-state index in [0.29, 0.717) is 12.3 Å². The molecule has 0 atom stereocenters. The van der Waals surface area contributed by atoms with Crippen molar-refractivity contribution < 1.29 is 4.79 Å². The van der Waals surface area contributed by atoms with Crippen LogP contribution in [0.1, 0.15) is 52.9 Å². The molecule has 0 saturated heterocycles. The maximum Gasteiger partial charge on any atom is 0.228 e. The summed E-state index contributed by atoms with van der Waals surface area (Å²) in [5, 5.41) is 4.35. The minimum atomic E-state index is 0.198. The molecule has 1 aromatic rings. The molecule has 0 saturated carbocycles. The Labute approximate surface area is 116 Å². The Kier molecular flexibility index (Phi) is 6.60. The minimum Gasteiger partial charge on any atom is -0.295 e. The van der Waals surface area contributed by atoms with Crippen molar-refractivity contribution in [2.45, 2.75) is 52.9 Å². The van der Waals surface area contributed by atoms with Crippen LogP contribution >= 0.6 is 0 Å². The number of hydrogen-bond acceptors (Lipinski definition) is 2. The van der Waals surface area contributed by atoms with Crippen molar-refractivity contribution in [2.24, 2.45) is 13.0 Å². The number of aromatic nitrogens is 2. The molecule has 4 nitrogen and oxygen atoms in total. The van der Waals surface area contributed by atoms with E-state index in [2.05, 4.69) is 25.9 Å². The fraction of sp³-hybridized carbons (Fsp3) is 0.733. The van der Waals surface area contributed by atoms with Crippen molar-refractivity contribution in [2.75, 3.05) is 11.4 Å². The van der Waals surface area contributed by atoms with Crippen molar-refractivity contribution >= 4 is 11.7 Å². The maximum absolute atomic E-state index is 12.3. The minimum absolute atomic E-state index is 0.198. The van der Waals surface area contributed by atoms with Crippen molar-refractivity contribution in [3.63, 3.8) is 0 Å². The summed E-state index contributed by atoms with van der Waals surface area (Å²) >= 11 is 0. The quantitative estimate of drug-likeness (QED) is 0.676. The summed E-state index contributed by atoms with van der Waals surface area (Å²) in [5.74, 6) is 1.42. The molecule has 0 fully saturated rings. The van der Waals surface area contributed by atoms with Gasteiger partial charge >= 0.3 is 0 Å². The highest BCUT2D eigenvalue weighted by Crippen LogP contribution is 2.15. The third-order valence-corrected chi connectivity index (χ3v) is 3.07. The highest BCUT2D eigenvalue weighted by atomic mass is 16.2. The molecule has 0 aromatic carbocycles. The third-order valence-electron chi connectivity index (χ3n) is 3.07. The monoisotopic (exact) mass is 265 g/mol. The fourth-order valence-electron chi connectivity index (χ4n) is 2.07. The van der Waals surface area contributed by atoms with Crippen molar-refractivity contribution in [1.29, 1.82) is 0 Å². The summed E-state index contributed by atoms with van der Waals surface area (Å²) in [4.78, 5) is 14.2. The number of nitrogens with zero attached hydrogens (tertiary/aromatic N) is 3. The van der Waals surface area contributed by atoms with E-state index in [-0.39, 0.29) is 5.91 Å². The zero-order chi connectivity index (χ0) is 14.3. The molecule has 0 aliphatic heterocycles. The molecule has 1 amide bonds. The molecule has 1 rings (SSSR count). The molecule has 0 aliphatic carbocycles. The van der Waals surface area contributed by atoms with Gasteiger partial charge in [-0.2, -0.15) is 5.10 Å². The van der Waals surface area contributed by atoms with Gasteiger partial charge in [0.1, 0.15) is 0 Å². The lowest BCUT2D eigenvalue weighted by Crippen LogP contribution is -2.34. The molecule has 0 aliphatic rings. The first kappa shape index (κ1) is 15.7. The van der Waals surface area contributed by atoms with Gasteiger partial charge in [0, 0.05) is 32.3 Å². The van der Waals surface area contributed by atoms with Gasteiger partial charge in [-0.3, -0.25) is 14.4 Å². The molecule has 108 valence electrons. The van der Waals surface area contributed by atoms with Crippen molar-refractivity contribution in [1.82, 2.24) is 9.78 Å². The molecule has 19 heavy (non-hydrogen) atoms. The van der Waals surface area contributed by atoms with Crippen LogP contribution in [0.25, 0.3) is 0 Å². The molecular weight excluding hydrogens is 238 g/mol. The van der Waals surface area contributed by atoms with Gasteiger partial charge in [0.05, 0.1) is 0 Å². The summed E-state index contributed by atoms with van der Waals surface area (Å²) in [6, 6.07) is 1.91. The van der Waals surface area contributed by atoms with E-state index in [1.807, 2.05) is 24.2 Å². The van der Waals surface area contributed by atoms with Crippen LogP contribution in [0.2, 0.25) is 0 Å².